The molecule has 1 rings (SSSR count). The SMILES string of the molecule is CO/N=C(\C(=O)OC(C)C)c1cc(OC)ccc1OC(C)=O. The van der Waals surface area contributed by atoms with E-state index in [1.807, 2.05) is 0 Å². The Bertz CT molecular complexity index is 579. The summed E-state index contributed by atoms with van der Waals surface area (Å²) in [5.74, 6) is -0.601. The van der Waals surface area contributed by atoms with E-state index >= 15 is 0 Å². The quantitative estimate of drug-likeness (QED) is 0.345. The summed E-state index contributed by atoms with van der Waals surface area (Å²) in [5, 5.41) is 3.69. The minimum absolute atomic E-state index is 0.119. The molecule has 0 atom stereocenters. The summed E-state index contributed by atoms with van der Waals surface area (Å²) in [6.07, 6.45) is -0.336. The van der Waals surface area contributed by atoms with Gasteiger partial charge in [0.1, 0.15) is 18.6 Å². The fraction of sp³-hybridized carbons (Fsp3) is 0.400. The third-order valence-electron chi connectivity index (χ3n) is 2.41. The zero-order valence-corrected chi connectivity index (χ0v) is 13.2. The first-order valence-electron chi connectivity index (χ1n) is 6.58. The van der Waals surface area contributed by atoms with Crippen molar-refractivity contribution >= 4 is 17.7 Å². The van der Waals surface area contributed by atoms with Crippen molar-refractivity contribution < 1.29 is 28.6 Å². The minimum Gasteiger partial charge on any atom is -0.497 e. The predicted octanol–water partition coefficient (Wildman–Crippen LogP) is 1.92. The first-order chi connectivity index (χ1) is 10.4. The predicted molar refractivity (Wildman–Crippen MR) is 79.1 cm³/mol. The average Bonchev–Trinajstić information content (AvgIpc) is 2.44. The average molecular weight is 309 g/mol. The van der Waals surface area contributed by atoms with E-state index in [9.17, 15) is 9.59 Å². The van der Waals surface area contributed by atoms with Crippen LogP contribution in [0.1, 0.15) is 26.3 Å². The second kappa shape index (κ2) is 8.02. The topological polar surface area (TPSA) is 83.4 Å². The highest BCUT2D eigenvalue weighted by Gasteiger charge is 2.23. The lowest BCUT2D eigenvalue weighted by Crippen LogP contribution is -2.23. The molecule has 0 aromatic heterocycles. The molecule has 0 radical (unpaired) electrons. The Hall–Kier alpha value is -2.57. The molecule has 0 aliphatic rings. The van der Waals surface area contributed by atoms with E-state index < -0.39 is 11.9 Å². The number of ether oxygens (including phenoxy) is 3. The van der Waals surface area contributed by atoms with Gasteiger partial charge in [0.15, 0.2) is 5.71 Å². The van der Waals surface area contributed by atoms with Crippen molar-refractivity contribution in [3.8, 4) is 11.5 Å². The molecule has 0 aliphatic carbocycles. The first kappa shape index (κ1) is 17.5. The van der Waals surface area contributed by atoms with Crippen molar-refractivity contribution in [2.24, 2.45) is 5.16 Å². The van der Waals surface area contributed by atoms with Crippen molar-refractivity contribution in [1.29, 1.82) is 0 Å². The van der Waals surface area contributed by atoms with E-state index in [-0.39, 0.29) is 23.1 Å². The van der Waals surface area contributed by atoms with Crippen LogP contribution in [0.15, 0.2) is 23.4 Å². The van der Waals surface area contributed by atoms with Crippen LogP contribution in [-0.2, 0) is 19.2 Å². The molecular weight excluding hydrogens is 290 g/mol. The number of oxime groups is 1. The highest BCUT2D eigenvalue weighted by Crippen LogP contribution is 2.26. The van der Waals surface area contributed by atoms with Crippen molar-refractivity contribution in [2.45, 2.75) is 26.9 Å². The number of esters is 2. The van der Waals surface area contributed by atoms with Gasteiger partial charge in [-0.15, -0.1) is 0 Å². The van der Waals surface area contributed by atoms with E-state index in [0.29, 0.717) is 5.75 Å². The lowest BCUT2D eigenvalue weighted by Gasteiger charge is -2.13. The standard InChI is InChI=1S/C15H19NO6/c1-9(2)21-15(18)14(16-20-5)12-8-11(19-4)6-7-13(12)22-10(3)17/h6-9H,1-5H3/b16-14-. The number of carbonyl (C=O) groups is 2. The maximum Gasteiger partial charge on any atom is 0.361 e. The molecule has 0 fully saturated rings. The Morgan fingerprint density at radius 1 is 1.18 bits per heavy atom. The van der Waals surface area contributed by atoms with Gasteiger partial charge in [0.05, 0.1) is 18.8 Å². The van der Waals surface area contributed by atoms with Gasteiger partial charge in [-0.3, -0.25) is 4.79 Å². The molecule has 0 saturated carbocycles. The summed E-state index contributed by atoms with van der Waals surface area (Å²) in [6, 6.07) is 4.61. The lowest BCUT2D eigenvalue weighted by atomic mass is 10.1. The monoisotopic (exact) mass is 309 g/mol. The minimum atomic E-state index is -0.696. The molecule has 22 heavy (non-hydrogen) atoms. The van der Waals surface area contributed by atoms with Gasteiger partial charge in [-0.05, 0) is 32.0 Å². The highest BCUT2D eigenvalue weighted by molar-refractivity contribution is 6.44. The summed E-state index contributed by atoms with van der Waals surface area (Å²) in [7, 11) is 2.78. The van der Waals surface area contributed by atoms with Crippen LogP contribution < -0.4 is 9.47 Å². The molecule has 0 amide bonds. The number of hydrogen-bond acceptors (Lipinski definition) is 7. The Labute approximate surface area is 128 Å². The van der Waals surface area contributed by atoms with Gasteiger partial charge in [-0.25, -0.2) is 4.79 Å². The molecule has 0 aliphatic heterocycles. The Morgan fingerprint density at radius 3 is 2.36 bits per heavy atom. The Balaban J connectivity index is 3.35. The molecule has 0 bridgehead atoms. The maximum absolute atomic E-state index is 12.2. The van der Waals surface area contributed by atoms with Crippen LogP contribution in [0.4, 0.5) is 0 Å². The number of nitrogens with zero attached hydrogens (tertiary/aromatic N) is 1. The van der Waals surface area contributed by atoms with Gasteiger partial charge < -0.3 is 19.0 Å². The van der Waals surface area contributed by atoms with E-state index in [1.54, 1.807) is 19.9 Å². The number of carbonyl (C=O) groups excluding carboxylic acids is 2. The van der Waals surface area contributed by atoms with Crippen LogP contribution in [0.5, 0.6) is 11.5 Å². The highest BCUT2D eigenvalue weighted by atomic mass is 16.6. The third kappa shape index (κ3) is 4.76. The zero-order valence-electron chi connectivity index (χ0n) is 13.2. The molecule has 7 nitrogen and oxygen atoms in total. The van der Waals surface area contributed by atoms with E-state index in [1.165, 1.54) is 33.3 Å². The number of hydrogen-bond donors (Lipinski definition) is 0. The Kier molecular flexibility index (Phi) is 6.37. The number of rotatable bonds is 6. The van der Waals surface area contributed by atoms with Crippen LogP contribution in [0.3, 0.4) is 0 Å². The summed E-state index contributed by atoms with van der Waals surface area (Å²) >= 11 is 0. The van der Waals surface area contributed by atoms with Crippen molar-refractivity contribution in [3.63, 3.8) is 0 Å². The fourth-order valence-electron chi connectivity index (χ4n) is 1.62. The van der Waals surface area contributed by atoms with Gasteiger partial charge in [-0.2, -0.15) is 0 Å². The van der Waals surface area contributed by atoms with Gasteiger partial charge in [0, 0.05) is 6.92 Å². The van der Waals surface area contributed by atoms with Gasteiger partial charge in [-0.1, -0.05) is 5.16 Å². The fourth-order valence-corrected chi connectivity index (χ4v) is 1.62. The van der Waals surface area contributed by atoms with Crippen molar-refractivity contribution in [2.75, 3.05) is 14.2 Å². The molecule has 7 heteroatoms. The van der Waals surface area contributed by atoms with Gasteiger partial charge in [0.25, 0.3) is 0 Å². The van der Waals surface area contributed by atoms with E-state index in [4.69, 9.17) is 19.0 Å². The summed E-state index contributed by atoms with van der Waals surface area (Å²) in [5.41, 5.74) is 0.119. The molecule has 1 aromatic carbocycles. The van der Waals surface area contributed by atoms with Crippen LogP contribution in [0.2, 0.25) is 0 Å². The number of methoxy groups -OCH3 is 1. The number of benzene rings is 1. The second-order valence-corrected chi connectivity index (χ2v) is 4.53. The molecule has 0 heterocycles. The summed E-state index contributed by atoms with van der Waals surface area (Å²) in [4.78, 5) is 28.1. The normalized spacial score (nSPS) is 11.1. The Morgan fingerprint density at radius 2 is 1.86 bits per heavy atom. The molecule has 0 N–H and O–H groups in total. The van der Waals surface area contributed by atoms with Crippen molar-refractivity contribution in [3.05, 3.63) is 23.8 Å². The maximum atomic E-state index is 12.2. The summed E-state index contributed by atoms with van der Waals surface area (Å²) < 4.78 is 15.3. The van der Waals surface area contributed by atoms with Gasteiger partial charge >= 0.3 is 11.9 Å². The second-order valence-electron chi connectivity index (χ2n) is 4.53. The van der Waals surface area contributed by atoms with E-state index in [0.717, 1.165) is 0 Å². The van der Waals surface area contributed by atoms with Crippen molar-refractivity contribution in [1.82, 2.24) is 0 Å². The van der Waals surface area contributed by atoms with E-state index in [2.05, 4.69) is 5.16 Å². The van der Waals surface area contributed by atoms with Crippen LogP contribution in [0.25, 0.3) is 0 Å². The third-order valence-corrected chi connectivity index (χ3v) is 2.41. The summed E-state index contributed by atoms with van der Waals surface area (Å²) in [6.45, 7) is 4.68. The molecular formula is C15H19NO6. The first-order valence-corrected chi connectivity index (χ1v) is 6.58. The molecule has 0 saturated heterocycles. The molecule has 1 aromatic rings. The molecule has 0 spiro atoms. The van der Waals surface area contributed by atoms with Crippen LogP contribution in [-0.4, -0.2) is 38.0 Å². The zero-order chi connectivity index (χ0) is 16.7. The van der Waals surface area contributed by atoms with Gasteiger partial charge in [0.2, 0.25) is 0 Å². The lowest BCUT2D eigenvalue weighted by molar-refractivity contribution is -0.139. The smallest absolute Gasteiger partial charge is 0.361 e. The van der Waals surface area contributed by atoms with Crippen LogP contribution >= 0.6 is 0 Å². The molecule has 120 valence electrons. The largest absolute Gasteiger partial charge is 0.497 e. The van der Waals surface area contributed by atoms with Crippen LogP contribution in [0, 0.1) is 0 Å². The molecule has 0 unspecified atom stereocenters.